The lowest BCUT2D eigenvalue weighted by atomic mass is 10.1. The molecule has 0 aromatic rings. The molecule has 2 N–H and O–H groups in total. The van der Waals surface area contributed by atoms with E-state index in [0.717, 1.165) is 31.4 Å². The second-order valence-corrected chi connectivity index (χ2v) is 5.34. The number of hydrogen-bond acceptors (Lipinski definition) is 3. The Balaban J connectivity index is 3.13. The highest BCUT2D eigenvalue weighted by Gasteiger charge is 2.02. The second-order valence-electron chi connectivity index (χ2n) is 5.34. The van der Waals surface area contributed by atoms with Crippen LogP contribution in [0.4, 0.5) is 0 Å². The van der Waals surface area contributed by atoms with E-state index in [1.54, 1.807) is 0 Å². The number of carbonyl (C=O) groups excluding carboxylic acids is 1. The Labute approximate surface area is 118 Å². The summed E-state index contributed by atoms with van der Waals surface area (Å²) in [7, 11) is 0. The van der Waals surface area contributed by atoms with Gasteiger partial charge in [0, 0.05) is 6.42 Å². The molecule has 19 heavy (non-hydrogen) atoms. The number of nitrogens with two attached hydrogens (primary N) is 1. The van der Waals surface area contributed by atoms with Crippen molar-refractivity contribution in [3.8, 4) is 0 Å². The van der Waals surface area contributed by atoms with E-state index < -0.39 is 0 Å². The van der Waals surface area contributed by atoms with Gasteiger partial charge in [0.1, 0.15) is 6.61 Å². The fraction of sp³-hybridized carbons (Fsp3) is 0.812. The summed E-state index contributed by atoms with van der Waals surface area (Å²) >= 11 is 0. The van der Waals surface area contributed by atoms with Crippen LogP contribution in [-0.2, 0) is 9.53 Å². The van der Waals surface area contributed by atoms with E-state index >= 15 is 0 Å². The van der Waals surface area contributed by atoms with Gasteiger partial charge in [-0.3, -0.25) is 4.79 Å². The summed E-state index contributed by atoms with van der Waals surface area (Å²) in [5, 5.41) is 0. The summed E-state index contributed by atoms with van der Waals surface area (Å²) in [6.07, 6.45) is 11.5. The van der Waals surface area contributed by atoms with Gasteiger partial charge >= 0.3 is 5.97 Å². The zero-order valence-corrected chi connectivity index (χ0v) is 12.6. The molecule has 0 amide bonds. The third-order valence-electron chi connectivity index (χ3n) is 3.06. The number of hydrogen-bond donors (Lipinski definition) is 1. The molecular weight excluding hydrogens is 238 g/mol. The molecule has 0 fully saturated rings. The van der Waals surface area contributed by atoms with Gasteiger partial charge < -0.3 is 10.5 Å². The molecule has 0 spiro atoms. The summed E-state index contributed by atoms with van der Waals surface area (Å²) in [6.45, 7) is 6.75. The van der Waals surface area contributed by atoms with E-state index in [1.807, 2.05) is 6.92 Å². The van der Waals surface area contributed by atoms with Gasteiger partial charge in [0.15, 0.2) is 0 Å². The molecule has 0 heterocycles. The molecule has 0 atom stereocenters. The van der Waals surface area contributed by atoms with Crippen molar-refractivity contribution in [1.82, 2.24) is 0 Å². The maximum absolute atomic E-state index is 11.3. The van der Waals surface area contributed by atoms with Gasteiger partial charge in [0.05, 0.1) is 0 Å². The molecular formula is C16H31NO2. The Bertz CT molecular complexity index is 239. The zero-order chi connectivity index (χ0) is 14.3. The Kier molecular flexibility index (Phi) is 13.0. The van der Waals surface area contributed by atoms with E-state index in [-0.39, 0.29) is 5.97 Å². The van der Waals surface area contributed by atoms with Crippen LogP contribution in [-0.4, -0.2) is 19.1 Å². The van der Waals surface area contributed by atoms with Gasteiger partial charge in [-0.15, -0.1) is 0 Å². The molecule has 0 saturated carbocycles. The summed E-state index contributed by atoms with van der Waals surface area (Å²) in [6, 6.07) is 0. The Morgan fingerprint density at radius 2 is 1.42 bits per heavy atom. The van der Waals surface area contributed by atoms with E-state index in [2.05, 4.69) is 6.58 Å². The quantitative estimate of drug-likeness (QED) is 0.313. The molecule has 0 aliphatic heterocycles. The molecule has 0 unspecified atom stereocenters. The first-order chi connectivity index (χ1) is 9.16. The molecule has 0 saturated heterocycles. The summed E-state index contributed by atoms with van der Waals surface area (Å²) < 4.78 is 5.04. The second kappa shape index (κ2) is 13.6. The topological polar surface area (TPSA) is 52.3 Å². The predicted molar refractivity (Wildman–Crippen MR) is 81.0 cm³/mol. The van der Waals surface area contributed by atoms with Gasteiger partial charge in [-0.05, 0) is 31.9 Å². The maximum atomic E-state index is 11.3. The highest BCUT2D eigenvalue weighted by molar-refractivity contribution is 5.69. The Morgan fingerprint density at radius 3 is 1.89 bits per heavy atom. The fourth-order valence-electron chi connectivity index (χ4n) is 1.93. The van der Waals surface area contributed by atoms with Crippen LogP contribution in [0.2, 0.25) is 0 Å². The van der Waals surface area contributed by atoms with Gasteiger partial charge in [-0.25, -0.2) is 0 Å². The van der Waals surface area contributed by atoms with Crippen LogP contribution in [0.1, 0.15) is 71.1 Å². The fourth-order valence-corrected chi connectivity index (χ4v) is 1.93. The third kappa shape index (κ3) is 15.1. The van der Waals surface area contributed by atoms with Crippen LogP contribution in [0, 0.1) is 0 Å². The highest BCUT2D eigenvalue weighted by atomic mass is 16.5. The lowest BCUT2D eigenvalue weighted by molar-refractivity contribution is -0.142. The van der Waals surface area contributed by atoms with Gasteiger partial charge in [0.2, 0.25) is 0 Å². The summed E-state index contributed by atoms with van der Waals surface area (Å²) in [4.78, 5) is 11.3. The number of rotatable bonds is 13. The van der Waals surface area contributed by atoms with Gasteiger partial charge in [-0.1, -0.05) is 51.5 Å². The molecule has 0 aliphatic rings. The van der Waals surface area contributed by atoms with Crippen molar-refractivity contribution in [1.29, 1.82) is 0 Å². The average Bonchev–Trinajstić information content (AvgIpc) is 2.38. The SMILES string of the molecule is C=C(C)COC(=O)CCCCCCCCCCCN. The first-order valence-electron chi connectivity index (χ1n) is 7.67. The molecule has 0 aromatic carbocycles. The van der Waals surface area contributed by atoms with Crippen LogP contribution >= 0.6 is 0 Å². The number of carbonyl (C=O) groups is 1. The standard InChI is InChI=1S/C16H31NO2/c1-15(2)14-19-16(18)12-10-8-6-4-3-5-7-9-11-13-17/h1,3-14,17H2,2H3. The first kappa shape index (κ1) is 18.2. The normalized spacial score (nSPS) is 10.4. The minimum absolute atomic E-state index is 0.0928. The van der Waals surface area contributed by atoms with E-state index in [1.165, 1.54) is 38.5 Å². The molecule has 112 valence electrons. The van der Waals surface area contributed by atoms with Crippen LogP contribution in [0.15, 0.2) is 12.2 Å². The largest absolute Gasteiger partial charge is 0.461 e. The van der Waals surface area contributed by atoms with Crippen LogP contribution in [0.25, 0.3) is 0 Å². The van der Waals surface area contributed by atoms with Gasteiger partial charge in [0.25, 0.3) is 0 Å². The smallest absolute Gasteiger partial charge is 0.306 e. The minimum atomic E-state index is -0.0928. The molecule has 0 aromatic heterocycles. The third-order valence-corrected chi connectivity index (χ3v) is 3.06. The van der Waals surface area contributed by atoms with Crippen molar-refractivity contribution in [2.45, 2.75) is 71.1 Å². The van der Waals surface area contributed by atoms with E-state index in [0.29, 0.717) is 13.0 Å². The predicted octanol–water partition coefficient (Wildman–Crippen LogP) is 3.97. The van der Waals surface area contributed by atoms with Crippen molar-refractivity contribution in [3.63, 3.8) is 0 Å². The zero-order valence-electron chi connectivity index (χ0n) is 12.6. The average molecular weight is 269 g/mol. The van der Waals surface area contributed by atoms with Gasteiger partial charge in [-0.2, -0.15) is 0 Å². The molecule has 0 aliphatic carbocycles. The Morgan fingerprint density at radius 1 is 0.947 bits per heavy atom. The van der Waals surface area contributed by atoms with Crippen molar-refractivity contribution < 1.29 is 9.53 Å². The molecule has 0 bridgehead atoms. The summed E-state index contributed by atoms with van der Waals surface area (Å²) in [5.74, 6) is -0.0928. The van der Waals surface area contributed by atoms with Crippen LogP contribution < -0.4 is 5.73 Å². The number of esters is 1. The lowest BCUT2D eigenvalue weighted by Crippen LogP contribution is -2.05. The van der Waals surface area contributed by atoms with Crippen molar-refractivity contribution in [2.75, 3.05) is 13.2 Å². The highest BCUT2D eigenvalue weighted by Crippen LogP contribution is 2.10. The number of unbranched alkanes of at least 4 members (excludes halogenated alkanes) is 8. The van der Waals surface area contributed by atoms with Crippen LogP contribution in [0.3, 0.4) is 0 Å². The molecule has 0 rings (SSSR count). The minimum Gasteiger partial charge on any atom is -0.461 e. The van der Waals surface area contributed by atoms with E-state index in [4.69, 9.17) is 10.5 Å². The van der Waals surface area contributed by atoms with Crippen molar-refractivity contribution in [3.05, 3.63) is 12.2 Å². The van der Waals surface area contributed by atoms with Crippen molar-refractivity contribution >= 4 is 5.97 Å². The maximum Gasteiger partial charge on any atom is 0.306 e. The van der Waals surface area contributed by atoms with Crippen molar-refractivity contribution in [2.24, 2.45) is 5.73 Å². The first-order valence-corrected chi connectivity index (χ1v) is 7.67. The molecule has 3 heteroatoms. The van der Waals surface area contributed by atoms with E-state index in [9.17, 15) is 4.79 Å². The lowest BCUT2D eigenvalue weighted by Gasteiger charge is -2.04. The molecule has 0 radical (unpaired) electrons. The Hall–Kier alpha value is -0.830. The monoisotopic (exact) mass is 269 g/mol. The molecule has 3 nitrogen and oxygen atoms in total. The number of ether oxygens (including phenoxy) is 1. The van der Waals surface area contributed by atoms with Crippen LogP contribution in [0.5, 0.6) is 0 Å². The summed E-state index contributed by atoms with van der Waals surface area (Å²) in [5.41, 5.74) is 6.34.